The van der Waals surface area contributed by atoms with E-state index in [1.165, 1.54) is 17.7 Å². The molecule has 1 aromatic rings. The molecule has 0 aromatic heterocycles. The second-order valence-electron chi connectivity index (χ2n) is 10.8. The summed E-state index contributed by atoms with van der Waals surface area (Å²) in [5, 5.41) is 0. The first-order valence-corrected chi connectivity index (χ1v) is 10.7. The number of para-hydroxylation sites is 1. The highest BCUT2D eigenvalue weighted by molar-refractivity contribution is 5.57. The standard InChI is InChI=1S/C24H35N/c1-16-7-5-6-8-22(16)25-17(2)21(15-23(25,3)4)24-12-18-9-19(13-24)11-20(10-18)14-24/h5-8,17-21H,9-15H2,1-4H3/t17-,18?,19?,20?,21?,24?/m0/s1. The monoisotopic (exact) mass is 337 g/mol. The third-order valence-corrected chi connectivity index (χ3v) is 8.61. The number of nitrogens with zero attached hydrogens (tertiary/aromatic N) is 1. The fraction of sp³-hybridized carbons (Fsp3) is 0.750. The van der Waals surface area contributed by atoms with E-state index in [1.807, 2.05) is 0 Å². The molecule has 6 rings (SSSR count). The zero-order valence-electron chi connectivity index (χ0n) is 16.6. The molecule has 1 aliphatic heterocycles. The lowest BCUT2D eigenvalue weighted by atomic mass is 9.45. The average Bonchev–Trinajstić information content (AvgIpc) is 2.77. The lowest BCUT2D eigenvalue weighted by Crippen LogP contribution is -2.52. The van der Waals surface area contributed by atoms with Crippen LogP contribution in [0, 0.1) is 36.0 Å². The first-order chi connectivity index (χ1) is 11.9. The van der Waals surface area contributed by atoms with Crippen molar-refractivity contribution in [2.24, 2.45) is 29.1 Å². The van der Waals surface area contributed by atoms with Gasteiger partial charge >= 0.3 is 0 Å². The van der Waals surface area contributed by atoms with Crippen LogP contribution in [0.15, 0.2) is 24.3 Å². The molecule has 1 heterocycles. The fourth-order valence-electron chi connectivity index (χ4n) is 8.28. The minimum Gasteiger partial charge on any atom is -0.363 e. The van der Waals surface area contributed by atoms with E-state index in [4.69, 9.17) is 0 Å². The number of hydrogen-bond acceptors (Lipinski definition) is 1. The highest BCUT2D eigenvalue weighted by Gasteiger charge is 2.59. The van der Waals surface area contributed by atoms with Gasteiger partial charge in [-0.25, -0.2) is 0 Å². The molecule has 4 aliphatic carbocycles. The molecule has 4 bridgehead atoms. The van der Waals surface area contributed by atoms with Gasteiger partial charge in [-0.2, -0.15) is 0 Å². The summed E-state index contributed by atoms with van der Waals surface area (Å²) in [6.07, 6.45) is 10.7. The summed E-state index contributed by atoms with van der Waals surface area (Å²) in [4.78, 5) is 2.80. The van der Waals surface area contributed by atoms with Crippen molar-refractivity contribution in [3.05, 3.63) is 29.8 Å². The Balaban J connectivity index is 1.51. The van der Waals surface area contributed by atoms with E-state index in [9.17, 15) is 0 Å². The van der Waals surface area contributed by atoms with E-state index in [0.717, 1.165) is 23.7 Å². The third kappa shape index (κ3) is 2.33. The maximum atomic E-state index is 2.80. The summed E-state index contributed by atoms with van der Waals surface area (Å²) < 4.78 is 0. The van der Waals surface area contributed by atoms with E-state index in [2.05, 4.69) is 56.9 Å². The lowest BCUT2D eigenvalue weighted by molar-refractivity contribution is -0.0888. The SMILES string of the molecule is Cc1ccccc1N1[C@@H](C)C(C23CC4CC(CC(C4)C2)C3)CC1(C)C. The second-order valence-corrected chi connectivity index (χ2v) is 10.8. The third-order valence-electron chi connectivity index (χ3n) is 8.61. The molecule has 0 amide bonds. The van der Waals surface area contributed by atoms with Crippen LogP contribution < -0.4 is 4.90 Å². The Bertz CT molecular complexity index is 637. The molecule has 1 unspecified atom stereocenters. The van der Waals surface area contributed by atoms with Gasteiger partial charge in [0.15, 0.2) is 0 Å². The van der Waals surface area contributed by atoms with E-state index in [-0.39, 0.29) is 5.54 Å². The van der Waals surface area contributed by atoms with Gasteiger partial charge in [0.05, 0.1) is 0 Å². The average molecular weight is 338 g/mol. The van der Waals surface area contributed by atoms with Crippen molar-refractivity contribution >= 4 is 5.69 Å². The minimum atomic E-state index is 0.277. The predicted molar refractivity (Wildman–Crippen MR) is 106 cm³/mol. The van der Waals surface area contributed by atoms with Crippen LogP contribution in [0.2, 0.25) is 0 Å². The van der Waals surface area contributed by atoms with Crippen LogP contribution in [0.25, 0.3) is 0 Å². The lowest BCUT2D eigenvalue weighted by Gasteiger charge is -2.60. The van der Waals surface area contributed by atoms with E-state index >= 15 is 0 Å². The van der Waals surface area contributed by atoms with Crippen molar-refractivity contribution in [2.45, 2.75) is 84.2 Å². The van der Waals surface area contributed by atoms with Gasteiger partial charge < -0.3 is 4.90 Å². The van der Waals surface area contributed by atoms with Crippen molar-refractivity contribution in [1.82, 2.24) is 0 Å². The molecule has 1 heteroatoms. The van der Waals surface area contributed by atoms with Gasteiger partial charge in [0, 0.05) is 17.3 Å². The van der Waals surface area contributed by atoms with Crippen molar-refractivity contribution < 1.29 is 0 Å². The molecule has 0 spiro atoms. The smallest absolute Gasteiger partial charge is 0.0402 e. The molecule has 1 nitrogen and oxygen atoms in total. The molecule has 136 valence electrons. The van der Waals surface area contributed by atoms with E-state index < -0.39 is 0 Å². The Kier molecular flexibility index (Phi) is 3.42. The van der Waals surface area contributed by atoms with Gasteiger partial charge in [0.25, 0.3) is 0 Å². The number of hydrogen-bond donors (Lipinski definition) is 0. The molecule has 0 radical (unpaired) electrons. The van der Waals surface area contributed by atoms with Crippen molar-refractivity contribution in [1.29, 1.82) is 0 Å². The fourth-order valence-corrected chi connectivity index (χ4v) is 8.28. The minimum absolute atomic E-state index is 0.277. The van der Waals surface area contributed by atoms with Crippen molar-refractivity contribution in [2.75, 3.05) is 4.90 Å². The van der Waals surface area contributed by atoms with Gasteiger partial charge in [0.1, 0.15) is 0 Å². The van der Waals surface area contributed by atoms with Crippen LogP contribution in [0.5, 0.6) is 0 Å². The molecule has 0 N–H and O–H groups in total. The highest BCUT2D eigenvalue weighted by Crippen LogP contribution is 2.66. The van der Waals surface area contributed by atoms with Gasteiger partial charge in [0.2, 0.25) is 0 Å². The van der Waals surface area contributed by atoms with Gasteiger partial charge in [-0.3, -0.25) is 0 Å². The quantitative estimate of drug-likeness (QED) is 0.620. The van der Waals surface area contributed by atoms with Crippen LogP contribution >= 0.6 is 0 Å². The van der Waals surface area contributed by atoms with Gasteiger partial charge in [-0.1, -0.05) is 18.2 Å². The van der Waals surface area contributed by atoms with Crippen LogP contribution in [-0.4, -0.2) is 11.6 Å². The molecular formula is C24H35N. The Morgan fingerprint density at radius 3 is 2.00 bits per heavy atom. The molecule has 5 fully saturated rings. The first-order valence-electron chi connectivity index (χ1n) is 10.7. The molecule has 1 aromatic carbocycles. The molecule has 1 saturated heterocycles. The molecule has 4 saturated carbocycles. The van der Waals surface area contributed by atoms with E-state index in [0.29, 0.717) is 11.5 Å². The molecule has 2 atom stereocenters. The predicted octanol–water partition coefficient (Wildman–Crippen LogP) is 6.20. The Morgan fingerprint density at radius 1 is 0.880 bits per heavy atom. The zero-order valence-corrected chi connectivity index (χ0v) is 16.6. The number of benzene rings is 1. The second kappa shape index (κ2) is 5.27. The topological polar surface area (TPSA) is 3.24 Å². The van der Waals surface area contributed by atoms with Crippen molar-refractivity contribution in [3.8, 4) is 0 Å². The van der Waals surface area contributed by atoms with Crippen LogP contribution in [0.4, 0.5) is 5.69 Å². The maximum absolute atomic E-state index is 2.80. The van der Waals surface area contributed by atoms with E-state index in [1.54, 1.807) is 38.5 Å². The Hall–Kier alpha value is -0.980. The first kappa shape index (κ1) is 16.2. The van der Waals surface area contributed by atoms with Crippen molar-refractivity contribution in [3.63, 3.8) is 0 Å². The van der Waals surface area contributed by atoms with Gasteiger partial charge in [-0.15, -0.1) is 0 Å². The summed E-state index contributed by atoms with van der Waals surface area (Å²) in [5.74, 6) is 4.08. The number of rotatable bonds is 2. The maximum Gasteiger partial charge on any atom is 0.0402 e. The highest BCUT2D eigenvalue weighted by atomic mass is 15.3. The Morgan fingerprint density at radius 2 is 1.44 bits per heavy atom. The summed E-state index contributed by atoms with van der Waals surface area (Å²) >= 11 is 0. The zero-order chi connectivity index (χ0) is 17.4. The molecule has 25 heavy (non-hydrogen) atoms. The summed E-state index contributed by atoms with van der Waals surface area (Å²) in [5.41, 5.74) is 3.86. The summed E-state index contributed by atoms with van der Waals surface area (Å²) in [6.45, 7) is 9.83. The van der Waals surface area contributed by atoms with Crippen LogP contribution in [0.1, 0.15) is 71.3 Å². The number of anilines is 1. The number of aryl methyl sites for hydroxylation is 1. The van der Waals surface area contributed by atoms with Gasteiger partial charge in [-0.05, 0) is 113 Å². The molecule has 5 aliphatic rings. The summed E-state index contributed by atoms with van der Waals surface area (Å²) in [7, 11) is 0. The van der Waals surface area contributed by atoms with Crippen LogP contribution in [0.3, 0.4) is 0 Å². The summed E-state index contributed by atoms with van der Waals surface area (Å²) in [6, 6.07) is 9.73. The normalized spacial score (nSPS) is 44.5. The Labute approximate surface area is 154 Å². The largest absolute Gasteiger partial charge is 0.363 e. The van der Waals surface area contributed by atoms with Crippen LogP contribution in [-0.2, 0) is 0 Å². The molecular weight excluding hydrogens is 302 g/mol.